The third-order valence-corrected chi connectivity index (χ3v) is 12.3. The number of aliphatic hydroxyl groups is 6. The van der Waals surface area contributed by atoms with Gasteiger partial charge < -0.3 is 45.4 Å². The normalized spacial score (nSPS) is 45.9. The molecular formula is C35H55N2O10+. The number of nitrogens with two attached hydrogens (primary N) is 2. The fraction of sp³-hybridized carbons (Fsp3) is 0.829. The van der Waals surface area contributed by atoms with Crippen LogP contribution in [-0.4, -0.2) is 104 Å². The molecule has 4 aliphatic carbocycles. The highest BCUT2D eigenvalue weighted by molar-refractivity contribution is 6.02. The number of carbonyl (C=O) groups is 2. The Morgan fingerprint density at radius 3 is 2.47 bits per heavy atom. The Bertz CT molecular complexity index is 1210. The predicted molar refractivity (Wildman–Crippen MR) is 168 cm³/mol. The highest BCUT2D eigenvalue weighted by atomic mass is 16.7. The van der Waals surface area contributed by atoms with Crippen molar-refractivity contribution in [2.45, 2.75) is 120 Å². The Balaban J connectivity index is 1.17. The third-order valence-electron chi connectivity index (χ3n) is 12.3. The van der Waals surface area contributed by atoms with Crippen molar-refractivity contribution in [3.05, 3.63) is 23.5 Å². The fourth-order valence-electron chi connectivity index (χ4n) is 9.70. The van der Waals surface area contributed by atoms with Crippen LogP contribution in [0.25, 0.3) is 0 Å². The number of ketones is 2. The van der Waals surface area contributed by atoms with E-state index in [4.69, 9.17) is 15.2 Å². The average molecular weight is 664 g/mol. The Kier molecular flexibility index (Phi) is 10.9. The lowest BCUT2D eigenvalue weighted by molar-refractivity contribution is -0.699. The van der Waals surface area contributed by atoms with Crippen LogP contribution < -0.4 is 11.1 Å². The van der Waals surface area contributed by atoms with Crippen LogP contribution in [0.5, 0.6) is 0 Å². The van der Waals surface area contributed by atoms with Crippen LogP contribution in [0.4, 0.5) is 0 Å². The Labute approximate surface area is 276 Å². The first-order valence-corrected chi connectivity index (χ1v) is 17.9. The number of Topliss-reactive ketones (excluding diaryl/α,β-unsaturated/α-hetero) is 2. The summed E-state index contributed by atoms with van der Waals surface area (Å²) >= 11 is 0. The monoisotopic (exact) mass is 663 g/mol. The van der Waals surface area contributed by atoms with Crippen molar-refractivity contribution in [3.8, 4) is 0 Å². The summed E-state index contributed by atoms with van der Waals surface area (Å²) in [5.41, 5.74) is 4.92. The first-order valence-electron chi connectivity index (χ1n) is 17.9. The van der Waals surface area contributed by atoms with Gasteiger partial charge in [0.2, 0.25) is 0 Å². The molecule has 6 aliphatic rings. The quantitative estimate of drug-likeness (QED) is 0.164. The van der Waals surface area contributed by atoms with Crippen molar-refractivity contribution in [2.75, 3.05) is 19.8 Å². The molecule has 0 spiro atoms. The van der Waals surface area contributed by atoms with Gasteiger partial charge in [0.1, 0.15) is 41.6 Å². The molecule has 12 nitrogen and oxygen atoms in total. The van der Waals surface area contributed by atoms with Crippen LogP contribution in [-0.2, 0) is 19.1 Å². The topological polar surface area (TPSA) is 217 Å². The largest absolute Gasteiger partial charge is 0.512 e. The van der Waals surface area contributed by atoms with Crippen LogP contribution in [0.15, 0.2) is 23.5 Å². The third kappa shape index (κ3) is 7.00. The first-order chi connectivity index (χ1) is 22.5. The number of rotatable bonds is 9. The van der Waals surface area contributed by atoms with Crippen LogP contribution in [0.2, 0.25) is 0 Å². The number of hydrogen-bond donors (Lipinski definition) is 8. The molecular weight excluding hydrogens is 608 g/mol. The molecule has 264 valence electrons. The van der Waals surface area contributed by atoms with Gasteiger partial charge in [-0.15, -0.1) is 0 Å². The van der Waals surface area contributed by atoms with E-state index in [1.807, 2.05) is 6.08 Å². The molecule has 0 aromatic heterocycles. The van der Waals surface area contributed by atoms with Gasteiger partial charge in [0.25, 0.3) is 0 Å². The van der Waals surface area contributed by atoms with Gasteiger partial charge >= 0.3 is 0 Å². The maximum absolute atomic E-state index is 14.1. The number of quaternary nitrogens is 1. The molecule has 0 bridgehead atoms. The van der Waals surface area contributed by atoms with E-state index in [1.165, 1.54) is 0 Å². The van der Waals surface area contributed by atoms with Crippen molar-refractivity contribution in [2.24, 2.45) is 47.2 Å². The molecule has 0 aromatic rings. The van der Waals surface area contributed by atoms with Crippen molar-refractivity contribution in [1.29, 1.82) is 0 Å². The zero-order valence-electron chi connectivity index (χ0n) is 27.2. The summed E-state index contributed by atoms with van der Waals surface area (Å²) in [6.07, 6.45) is 5.06. The van der Waals surface area contributed by atoms with Crippen molar-refractivity contribution in [3.63, 3.8) is 0 Å². The molecule has 2 heterocycles. The molecule has 14 unspecified atom stereocenters. The molecule has 12 heteroatoms. The van der Waals surface area contributed by atoms with E-state index < -0.39 is 66.6 Å². The molecule has 2 aliphatic heterocycles. The summed E-state index contributed by atoms with van der Waals surface area (Å²) in [5, 5.41) is 67.1. The van der Waals surface area contributed by atoms with Crippen molar-refractivity contribution in [1.82, 2.24) is 0 Å². The van der Waals surface area contributed by atoms with Gasteiger partial charge in [0.05, 0.1) is 37.0 Å². The fourth-order valence-corrected chi connectivity index (χ4v) is 9.70. The minimum absolute atomic E-state index is 0.0409. The van der Waals surface area contributed by atoms with Crippen LogP contribution in [0.1, 0.15) is 77.0 Å². The van der Waals surface area contributed by atoms with Gasteiger partial charge in [0, 0.05) is 18.9 Å². The van der Waals surface area contributed by atoms with E-state index in [9.17, 15) is 40.2 Å². The van der Waals surface area contributed by atoms with Gasteiger partial charge in [-0.2, -0.15) is 0 Å². The maximum Gasteiger partial charge on any atom is 0.187 e. The summed E-state index contributed by atoms with van der Waals surface area (Å²) < 4.78 is 12.1. The average Bonchev–Trinajstić information content (AvgIpc) is 3.06. The molecule has 10 N–H and O–H groups in total. The number of allylic oxidation sites excluding steroid dienone is 4. The molecule has 6 rings (SSSR count). The van der Waals surface area contributed by atoms with E-state index in [0.717, 1.165) is 50.6 Å². The lowest BCUT2D eigenvalue weighted by Crippen LogP contribution is -2.94. The molecule has 2 saturated heterocycles. The second kappa shape index (κ2) is 14.6. The Hall–Kier alpha value is -1.74. The van der Waals surface area contributed by atoms with Crippen molar-refractivity contribution >= 4 is 11.6 Å². The van der Waals surface area contributed by atoms with E-state index in [0.29, 0.717) is 38.0 Å². The molecule has 0 amide bonds. The molecule has 0 radical (unpaired) electrons. The highest BCUT2D eigenvalue weighted by Gasteiger charge is 2.59. The van der Waals surface area contributed by atoms with E-state index in [1.54, 1.807) is 6.08 Å². The summed E-state index contributed by atoms with van der Waals surface area (Å²) in [6, 6.07) is 0. The number of fused-ring (bicyclic) bond motifs is 2. The smallest absolute Gasteiger partial charge is 0.187 e. The molecule has 47 heavy (non-hydrogen) atoms. The lowest BCUT2D eigenvalue weighted by atomic mass is 9.59. The maximum atomic E-state index is 14.1. The zero-order chi connectivity index (χ0) is 33.5. The van der Waals surface area contributed by atoms with E-state index in [-0.39, 0.29) is 48.4 Å². The number of ether oxygens (including phenoxy) is 2. The first kappa shape index (κ1) is 35.1. The van der Waals surface area contributed by atoms with Crippen molar-refractivity contribution < 1.29 is 55.0 Å². The van der Waals surface area contributed by atoms with Gasteiger partial charge in [-0.05, 0) is 80.8 Å². The molecule has 3 saturated carbocycles. The number of hydrogen-bond acceptors (Lipinski definition) is 11. The van der Waals surface area contributed by atoms with Gasteiger partial charge in [-0.25, -0.2) is 0 Å². The highest BCUT2D eigenvalue weighted by Crippen LogP contribution is 2.48. The second-order valence-electron chi connectivity index (χ2n) is 15.4. The molecule has 0 aromatic carbocycles. The molecule has 5 fully saturated rings. The zero-order valence-corrected chi connectivity index (χ0v) is 27.2. The minimum atomic E-state index is -2.03. The number of carbonyl (C=O) groups excluding carboxylic acids is 2. The second-order valence-corrected chi connectivity index (χ2v) is 15.4. The summed E-state index contributed by atoms with van der Waals surface area (Å²) in [5.74, 6) is -2.91. The standard InChI is InChI=1S/C35H54N2O10/c36-27-15-18(8-10-37-27)7-9-35(45)32(43)26(17-39)47-34(33(35)44)46-25-6-2-5-22-29(25)31(42)28-23(30(22)41)13-21(14-24(28)40)12-19-3-1-4-20(11-19)16-38/h13-14,18-20,22-23,25-29,32-34,37-40,43-45H,1-12,15-17,36H2/p+1. The van der Waals surface area contributed by atoms with Crippen LogP contribution in [0, 0.1) is 41.4 Å². The SMILES string of the molecule is NC1CC(CCC2(O)C(O)C(CO)OC(OC3CCCC4C(=O)C5C=C(CC6CCCC(CO)C6)C=C(O)C5C(=O)C34)C2O)CC[NH2+]1. The van der Waals surface area contributed by atoms with Gasteiger partial charge in [-0.1, -0.05) is 25.3 Å². The van der Waals surface area contributed by atoms with Crippen LogP contribution >= 0.6 is 0 Å². The summed E-state index contributed by atoms with van der Waals surface area (Å²) in [4.78, 5) is 28.1. The molecule has 14 atom stereocenters. The predicted octanol–water partition coefficient (Wildman–Crippen LogP) is -0.0487. The van der Waals surface area contributed by atoms with Gasteiger partial charge in [-0.3, -0.25) is 15.3 Å². The Morgan fingerprint density at radius 2 is 1.72 bits per heavy atom. The minimum Gasteiger partial charge on any atom is -0.512 e. The van der Waals surface area contributed by atoms with Gasteiger partial charge in [0.15, 0.2) is 12.1 Å². The van der Waals surface area contributed by atoms with E-state index in [2.05, 4.69) is 5.32 Å². The number of aliphatic hydroxyl groups excluding tert-OH is 5. The summed E-state index contributed by atoms with van der Waals surface area (Å²) in [6.45, 7) is 0.403. The van der Waals surface area contributed by atoms with E-state index >= 15 is 0 Å². The van der Waals surface area contributed by atoms with Crippen LogP contribution in [0.3, 0.4) is 0 Å². The Morgan fingerprint density at radius 1 is 0.957 bits per heavy atom. The summed E-state index contributed by atoms with van der Waals surface area (Å²) in [7, 11) is 0. The lowest BCUT2D eigenvalue weighted by Gasteiger charge is -2.50. The number of piperidine rings is 1.